The molecule has 4 nitrogen and oxygen atoms in total. The van der Waals surface area contributed by atoms with Crippen molar-refractivity contribution >= 4 is 88.7 Å². The van der Waals surface area contributed by atoms with Gasteiger partial charge in [0.05, 0.1) is 41.7 Å². The fourth-order valence-corrected chi connectivity index (χ4v) is 16.2. The molecule has 1 aromatic carbocycles. The Labute approximate surface area is 453 Å². The second-order valence-electron chi connectivity index (χ2n) is 23.8. The van der Waals surface area contributed by atoms with Gasteiger partial charge in [-0.05, 0) is 118 Å². The van der Waals surface area contributed by atoms with E-state index in [0.29, 0.717) is 47.9 Å². The number of rotatable bonds is 27. The lowest BCUT2D eigenvalue weighted by Gasteiger charge is -2.29. The van der Waals surface area contributed by atoms with E-state index in [1.54, 1.807) is 33.8 Å². The molecule has 2 amide bonds. The number of fused-ring (bicyclic) bond motifs is 4. The number of hydrogen-bond acceptors (Lipinski definition) is 6. The Morgan fingerprint density at radius 1 is 0.444 bits per heavy atom. The number of nitrogens with zero attached hydrogens (tertiary/aromatic N) is 2. The van der Waals surface area contributed by atoms with Crippen molar-refractivity contribution < 1.29 is 9.59 Å². The number of thiophene rings is 4. The van der Waals surface area contributed by atoms with Gasteiger partial charge in [0, 0.05) is 32.6 Å². The number of carbonyl (C=O) groups is 2. The monoisotopic (exact) mass is 1050 g/mol. The van der Waals surface area contributed by atoms with Gasteiger partial charge in [-0.3, -0.25) is 9.59 Å². The highest BCUT2D eigenvalue weighted by atomic mass is 32.1. The molecule has 8 heteroatoms. The molecule has 4 atom stereocenters. The molecule has 5 aromatic rings. The van der Waals surface area contributed by atoms with Gasteiger partial charge in [-0.25, -0.2) is 0 Å². The lowest BCUT2D eigenvalue weighted by molar-refractivity contribution is -0.124. The smallest absolute Gasteiger partial charge is 0.261 e. The summed E-state index contributed by atoms with van der Waals surface area (Å²) in [5, 5.41) is 2.97. The SMILES string of the molecule is CCCCC(CC)Cc1c(CC(CC)CCCC)c2cc(C(C)(C)C)sc2c2sc(-c3ccc(C4=C5C(=O)N(CC(CC)CCCC)C(c6ccc(C(C)(C)C)s6)=C5C(=O)N4CC(CC)CCCC)s3)cc12. The predicted octanol–water partition coefficient (Wildman–Crippen LogP) is 20.3. The number of benzene rings is 1. The van der Waals surface area contributed by atoms with Gasteiger partial charge in [-0.15, -0.1) is 45.3 Å². The lowest BCUT2D eigenvalue weighted by atomic mass is 9.82. The van der Waals surface area contributed by atoms with Crippen LogP contribution in [0.5, 0.6) is 0 Å². The van der Waals surface area contributed by atoms with Crippen LogP contribution >= 0.6 is 45.3 Å². The van der Waals surface area contributed by atoms with Crippen LogP contribution in [-0.4, -0.2) is 34.7 Å². The van der Waals surface area contributed by atoms with E-state index in [2.05, 4.69) is 138 Å². The molecule has 0 bridgehead atoms. The summed E-state index contributed by atoms with van der Waals surface area (Å²) < 4.78 is 2.91. The van der Waals surface area contributed by atoms with Crippen LogP contribution in [0.3, 0.4) is 0 Å². The van der Waals surface area contributed by atoms with Gasteiger partial charge < -0.3 is 9.80 Å². The van der Waals surface area contributed by atoms with Crippen LogP contribution in [0.1, 0.15) is 230 Å². The summed E-state index contributed by atoms with van der Waals surface area (Å²) in [6, 6.07) is 14.1. The van der Waals surface area contributed by atoms with Crippen molar-refractivity contribution in [1.82, 2.24) is 9.80 Å². The zero-order chi connectivity index (χ0) is 52.1. The molecular formula is C64H92N2O2S4. The molecule has 0 aliphatic carbocycles. The summed E-state index contributed by atoms with van der Waals surface area (Å²) in [7, 11) is 0. The fourth-order valence-electron chi connectivity index (χ4n) is 11.4. The Balaban J connectivity index is 1.44. The van der Waals surface area contributed by atoms with Gasteiger partial charge in [-0.1, -0.05) is 187 Å². The maximum atomic E-state index is 15.6. The third kappa shape index (κ3) is 12.1. The van der Waals surface area contributed by atoms with E-state index < -0.39 is 0 Å². The van der Waals surface area contributed by atoms with E-state index in [9.17, 15) is 0 Å². The van der Waals surface area contributed by atoms with Crippen molar-refractivity contribution in [3.05, 3.63) is 78.2 Å². The molecule has 72 heavy (non-hydrogen) atoms. The molecule has 0 saturated heterocycles. The third-order valence-electron chi connectivity index (χ3n) is 16.3. The molecule has 2 aliphatic rings. The molecule has 4 aromatic heterocycles. The van der Waals surface area contributed by atoms with E-state index in [-0.39, 0.29) is 22.6 Å². The number of unbranched alkanes of at least 4 members (excludes halogenated alkanes) is 4. The third-order valence-corrected chi connectivity index (χ3v) is 22.0. The lowest BCUT2D eigenvalue weighted by Crippen LogP contribution is -2.34. The van der Waals surface area contributed by atoms with E-state index in [1.807, 2.05) is 27.6 Å². The van der Waals surface area contributed by atoms with Crippen LogP contribution < -0.4 is 0 Å². The Bertz CT molecular complexity index is 2700. The predicted molar refractivity (Wildman–Crippen MR) is 320 cm³/mol. The highest BCUT2D eigenvalue weighted by Crippen LogP contribution is 2.53. The van der Waals surface area contributed by atoms with Gasteiger partial charge in [0.15, 0.2) is 0 Å². The van der Waals surface area contributed by atoms with Crippen molar-refractivity contribution in [3.63, 3.8) is 0 Å². The second kappa shape index (κ2) is 24.7. The maximum Gasteiger partial charge on any atom is 0.261 e. The minimum absolute atomic E-state index is 0.00899. The highest BCUT2D eigenvalue weighted by molar-refractivity contribution is 7.30. The van der Waals surface area contributed by atoms with Crippen LogP contribution in [0.25, 0.3) is 41.3 Å². The molecular weight excluding hydrogens is 957 g/mol. The summed E-state index contributed by atoms with van der Waals surface area (Å²) >= 11 is 7.56. The fraction of sp³-hybridized carbons (Fsp3) is 0.625. The molecule has 394 valence electrons. The van der Waals surface area contributed by atoms with Crippen molar-refractivity contribution in [1.29, 1.82) is 0 Å². The summed E-state index contributed by atoms with van der Waals surface area (Å²) in [5.41, 5.74) is 6.22. The molecule has 2 aliphatic heterocycles. The quantitative estimate of drug-likeness (QED) is 0.0526. The average molecular weight is 1050 g/mol. The first kappa shape index (κ1) is 56.7. The van der Waals surface area contributed by atoms with Gasteiger partial charge in [0.1, 0.15) is 0 Å². The minimum Gasteiger partial charge on any atom is -0.306 e. The molecule has 7 rings (SSSR count). The molecule has 0 spiro atoms. The van der Waals surface area contributed by atoms with E-state index in [0.717, 1.165) is 85.4 Å². The van der Waals surface area contributed by atoms with Crippen molar-refractivity contribution in [3.8, 4) is 9.75 Å². The van der Waals surface area contributed by atoms with E-state index in [4.69, 9.17) is 0 Å². The Hall–Kier alpha value is -3.04. The second-order valence-corrected chi connectivity index (χ2v) is 28.1. The Kier molecular flexibility index (Phi) is 19.5. The standard InChI is InChI=1S/C64H92N2O2S4/c1-15-23-27-41(19-5)35-45-46(36-42(20-6)28-24-16-2)48-38-54(64(12,13)14)72-60(48)59-47(45)37-52(71-59)49-31-32-50(69-49)57-55-56(62(68)65(57)39-43(21-7)29-25-17-3)58(51-33-34-53(70-51)63(9,10)11)66(61(55)67)40-44(22-8)30-26-18-4/h31-34,37-38,41-44H,15-30,35-36,39-40H2,1-14H3. The summed E-state index contributed by atoms with van der Waals surface area (Å²) in [4.78, 5) is 42.6. The Morgan fingerprint density at radius 2 is 0.847 bits per heavy atom. The van der Waals surface area contributed by atoms with Crippen molar-refractivity contribution in [2.75, 3.05) is 13.1 Å². The first-order valence-corrected chi connectivity index (χ1v) is 32.1. The van der Waals surface area contributed by atoms with Gasteiger partial charge in [-0.2, -0.15) is 0 Å². The summed E-state index contributed by atoms with van der Waals surface area (Å²) in [6.07, 6.45) is 21.0. The topological polar surface area (TPSA) is 40.6 Å². The number of amides is 2. The largest absolute Gasteiger partial charge is 0.306 e. The molecule has 0 N–H and O–H groups in total. The van der Waals surface area contributed by atoms with Gasteiger partial charge in [0.2, 0.25) is 0 Å². The molecule has 0 fully saturated rings. The highest BCUT2D eigenvalue weighted by Gasteiger charge is 2.50. The average Bonchev–Trinajstić information content (AvgIpc) is 4.22. The van der Waals surface area contributed by atoms with Crippen LogP contribution in [-0.2, 0) is 33.3 Å². The van der Waals surface area contributed by atoms with Crippen molar-refractivity contribution in [2.45, 2.75) is 223 Å². The Morgan fingerprint density at radius 3 is 1.28 bits per heavy atom. The van der Waals surface area contributed by atoms with Gasteiger partial charge >= 0.3 is 0 Å². The maximum absolute atomic E-state index is 15.6. The van der Waals surface area contributed by atoms with Crippen LogP contribution in [0.2, 0.25) is 0 Å². The molecule has 4 unspecified atom stereocenters. The zero-order valence-electron chi connectivity index (χ0n) is 47.3. The number of carbonyl (C=O) groups excluding carboxylic acids is 2. The van der Waals surface area contributed by atoms with Crippen molar-refractivity contribution in [2.24, 2.45) is 23.7 Å². The molecule has 0 radical (unpaired) electrons. The van der Waals surface area contributed by atoms with E-state index in [1.165, 1.54) is 91.0 Å². The normalized spacial score (nSPS) is 16.4. The number of hydrogen-bond donors (Lipinski definition) is 0. The van der Waals surface area contributed by atoms with Crippen LogP contribution in [0, 0.1) is 23.7 Å². The van der Waals surface area contributed by atoms with E-state index >= 15 is 9.59 Å². The zero-order valence-corrected chi connectivity index (χ0v) is 50.5. The molecule has 6 heterocycles. The first-order valence-electron chi connectivity index (χ1n) is 28.8. The first-order chi connectivity index (χ1) is 34.5. The van der Waals surface area contributed by atoms with Crippen LogP contribution in [0.4, 0.5) is 0 Å². The summed E-state index contributed by atoms with van der Waals surface area (Å²) in [5.74, 6) is 2.07. The molecule has 0 saturated carbocycles. The van der Waals surface area contributed by atoms with Crippen LogP contribution in [0.15, 0.2) is 47.5 Å². The summed E-state index contributed by atoms with van der Waals surface area (Å²) in [6.45, 7) is 33.7. The van der Waals surface area contributed by atoms with Gasteiger partial charge in [0.25, 0.3) is 11.8 Å². The minimum atomic E-state index is -0.0381.